The van der Waals surface area contributed by atoms with Crippen molar-refractivity contribution < 1.29 is 18.0 Å². The van der Waals surface area contributed by atoms with Crippen molar-refractivity contribution in [1.82, 2.24) is 14.9 Å². The van der Waals surface area contributed by atoms with Crippen molar-refractivity contribution >= 4 is 11.7 Å². The molecule has 0 atom stereocenters. The summed E-state index contributed by atoms with van der Waals surface area (Å²) < 4.78 is 38.6. The summed E-state index contributed by atoms with van der Waals surface area (Å²) in [7, 11) is 1.75. The molecule has 1 amide bonds. The highest BCUT2D eigenvalue weighted by Crippen LogP contribution is 2.31. The first kappa shape index (κ1) is 20.1. The van der Waals surface area contributed by atoms with Crippen molar-refractivity contribution in [3.63, 3.8) is 0 Å². The zero-order valence-corrected chi connectivity index (χ0v) is 15.7. The van der Waals surface area contributed by atoms with Crippen LogP contribution in [0.5, 0.6) is 0 Å². The SMILES string of the molecule is CN(CC1CCN(C(=O)Cc2cccnc2)CC1)c1cc(C(F)(F)F)ccn1. The van der Waals surface area contributed by atoms with Crippen LogP contribution in [-0.2, 0) is 17.4 Å². The number of hydrogen-bond donors (Lipinski definition) is 0. The van der Waals surface area contributed by atoms with Crippen LogP contribution in [0.4, 0.5) is 19.0 Å². The van der Waals surface area contributed by atoms with Gasteiger partial charge < -0.3 is 9.80 Å². The Morgan fingerprint density at radius 3 is 2.64 bits per heavy atom. The van der Waals surface area contributed by atoms with Gasteiger partial charge in [0.15, 0.2) is 0 Å². The number of carbonyl (C=O) groups excluding carboxylic acids is 1. The summed E-state index contributed by atoms with van der Waals surface area (Å²) in [6.07, 6.45) is 2.17. The van der Waals surface area contributed by atoms with Crippen LogP contribution >= 0.6 is 0 Å². The second-order valence-corrected chi connectivity index (χ2v) is 7.14. The van der Waals surface area contributed by atoms with Crippen LogP contribution in [-0.4, -0.2) is 47.5 Å². The second-order valence-electron chi connectivity index (χ2n) is 7.14. The monoisotopic (exact) mass is 392 g/mol. The van der Waals surface area contributed by atoms with Crippen LogP contribution in [0, 0.1) is 5.92 Å². The fourth-order valence-electron chi connectivity index (χ4n) is 3.44. The molecule has 0 bridgehead atoms. The predicted molar refractivity (Wildman–Crippen MR) is 99.8 cm³/mol. The second kappa shape index (κ2) is 8.58. The van der Waals surface area contributed by atoms with E-state index in [4.69, 9.17) is 0 Å². The van der Waals surface area contributed by atoms with Crippen LogP contribution in [0.1, 0.15) is 24.0 Å². The lowest BCUT2D eigenvalue weighted by molar-refractivity contribution is -0.137. The lowest BCUT2D eigenvalue weighted by atomic mass is 9.96. The van der Waals surface area contributed by atoms with E-state index in [1.807, 2.05) is 17.0 Å². The van der Waals surface area contributed by atoms with Gasteiger partial charge in [-0.2, -0.15) is 13.2 Å². The number of pyridine rings is 2. The zero-order valence-electron chi connectivity index (χ0n) is 15.7. The molecule has 5 nitrogen and oxygen atoms in total. The zero-order chi connectivity index (χ0) is 20.1. The summed E-state index contributed by atoms with van der Waals surface area (Å²) in [5.41, 5.74) is 0.199. The third kappa shape index (κ3) is 5.21. The van der Waals surface area contributed by atoms with Gasteiger partial charge in [0.05, 0.1) is 12.0 Å². The first-order valence-corrected chi connectivity index (χ1v) is 9.24. The van der Waals surface area contributed by atoms with Crippen molar-refractivity contribution in [1.29, 1.82) is 0 Å². The van der Waals surface area contributed by atoms with Crippen molar-refractivity contribution in [2.75, 3.05) is 31.6 Å². The minimum atomic E-state index is -4.38. The van der Waals surface area contributed by atoms with Gasteiger partial charge in [0, 0.05) is 45.3 Å². The Hall–Kier alpha value is -2.64. The van der Waals surface area contributed by atoms with Gasteiger partial charge >= 0.3 is 6.18 Å². The topological polar surface area (TPSA) is 49.3 Å². The van der Waals surface area contributed by atoms with Crippen LogP contribution in [0.25, 0.3) is 0 Å². The van der Waals surface area contributed by atoms with Gasteiger partial charge in [0.25, 0.3) is 0 Å². The number of piperidine rings is 1. The molecule has 0 spiro atoms. The molecule has 3 heterocycles. The average molecular weight is 392 g/mol. The fraction of sp³-hybridized carbons (Fsp3) is 0.450. The Labute approximate surface area is 162 Å². The van der Waals surface area contributed by atoms with Crippen LogP contribution in [0.3, 0.4) is 0 Å². The number of nitrogens with zero attached hydrogens (tertiary/aromatic N) is 4. The molecular formula is C20H23F3N4O. The average Bonchev–Trinajstić information content (AvgIpc) is 2.69. The van der Waals surface area contributed by atoms with Crippen molar-refractivity contribution in [2.24, 2.45) is 5.92 Å². The summed E-state index contributed by atoms with van der Waals surface area (Å²) in [6.45, 7) is 1.93. The van der Waals surface area contributed by atoms with E-state index in [1.165, 1.54) is 6.20 Å². The number of likely N-dealkylation sites (tertiary alicyclic amines) is 1. The van der Waals surface area contributed by atoms with E-state index in [1.54, 1.807) is 24.3 Å². The number of hydrogen-bond acceptors (Lipinski definition) is 4. The normalized spacial score (nSPS) is 15.5. The largest absolute Gasteiger partial charge is 0.416 e. The summed E-state index contributed by atoms with van der Waals surface area (Å²) >= 11 is 0. The first-order valence-electron chi connectivity index (χ1n) is 9.24. The number of halogens is 3. The molecule has 1 fully saturated rings. The van der Waals surface area contributed by atoms with E-state index < -0.39 is 11.7 Å². The van der Waals surface area contributed by atoms with E-state index in [2.05, 4.69) is 9.97 Å². The first-order chi connectivity index (χ1) is 13.3. The van der Waals surface area contributed by atoms with Crippen LogP contribution in [0.15, 0.2) is 42.9 Å². The summed E-state index contributed by atoms with van der Waals surface area (Å²) in [5.74, 6) is 0.702. The van der Waals surface area contributed by atoms with Gasteiger partial charge in [-0.05, 0) is 42.5 Å². The van der Waals surface area contributed by atoms with Gasteiger partial charge in [-0.1, -0.05) is 6.07 Å². The minimum absolute atomic E-state index is 0.0827. The predicted octanol–water partition coefficient (Wildman–Crippen LogP) is 3.41. The lowest BCUT2D eigenvalue weighted by Gasteiger charge is -2.34. The summed E-state index contributed by atoms with van der Waals surface area (Å²) in [4.78, 5) is 24.1. The number of carbonyl (C=O) groups is 1. The minimum Gasteiger partial charge on any atom is -0.359 e. The molecule has 1 aliphatic heterocycles. The molecule has 8 heteroatoms. The smallest absolute Gasteiger partial charge is 0.359 e. The third-order valence-corrected chi connectivity index (χ3v) is 5.04. The number of aromatic nitrogens is 2. The van der Waals surface area contributed by atoms with E-state index in [0.717, 1.165) is 30.5 Å². The molecular weight excluding hydrogens is 369 g/mol. The Morgan fingerprint density at radius 2 is 2.00 bits per heavy atom. The maximum Gasteiger partial charge on any atom is 0.416 e. The molecule has 1 saturated heterocycles. The van der Waals surface area contributed by atoms with Crippen molar-refractivity contribution in [3.8, 4) is 0 Å². The highest BCUT2D eigenvalue weighted by Gasteiger charge is 2.31. The summed E-state index contributed by atoms with van der Waals surface area (Å²) in [5, 5.41) is 0. The highest BCUT2D eigenvalue weighted by atomic mass is 19.4. The van der Waals surface area contributed by atoms with Crippen molar-refractivity contribution in [2.45, 2.75) is 25.4 Å². The lowest BCUT2D eigenvalue weighted by Crippen LogP contribution is -2.41. The van der Waals surface area contributed by atoms with E-state index in [0.29, 0.717) is 37.8 Å². The van der Waals surface area contributed by atoms with Gasteiger partial charge in [0.2, 0.25) is 5.91 Å². The van der Waals surface area contributed by atoms with Gasteiger partial charge in [-0.15, -0.1) is 0 Å². The molecule has 28 heavy (non-hydrogen) atoms. The molecule has 150 valence electrons. The fourth-order valence-corrected chi connectivity index (χ4v) is 3.44. The molecule has 3 rings (SSSR count). The number of rotatable bonds is 5. The molecule has 2 aromatic rings. The molecule has 0 unspecified atom stereocenters. The number of alkyl halides is 3. The molecule has 0 aromatic carbocycles. The number of amides is 1. The highest BCUT2D eigenvalue weighted by molar-refractivity contribution is 5.78. The molecule has 0 saturated carbocycles. The van der Waals surface area contributed by atoms with Crippen LogP contribution in [0.2, 0.25) is 0 Å². The Kier molecular flexibility index (Phi) is 6.16. The van der Waals surface area contributed by atoms with Crippen molar-refractivity contribution in [3.05, 3.63) is 54.0 Å². The Bertz CT molecular complexity index is 790. The number of anilines is 1. The van der Waals surface area contributed by atoms with E-state index >= 15 is 0 Å². The van der Waals surface area contributed by atoms with Gasteiger partial charge in [-0.3, -0.25) is 9.78 Å². The van der Waals surface area contributed by atoms with Gasteiger partial charge in [-0.25, -0.2) is 4.98 Å². The standard InChI is InChI=1S/C20H23F3N4O/c1-26(18-12-17(4-8-25-18)20(21,22)23)14-15-5-9-27(10-6-15)19(28)11-16-3-2-7-24-13-16/h2-4,7-8,12-13,15H,5-6,9-11,14H2,1H3. The molecule has 0 N–H and O–H groups in total. The Balaban J connectivity index is 1.51. The molecule has 0 radical (unpaired) electrons. The maximum absolute atomic E-state index is 12.9. The Morgan fingerprint density at radius 1 is 1.25 bits per heavy atom. The maximum atomic E-state index is 12.9. The summed E-state index contributed by atoms with van der Waals surface area (Å²) in [6, 6.07) is 5.75. The van der Waals surface area contributed by atoms with E-state index in [9.17, 15) is 18.0 Å². The molecule has 2 aromatic heterocycles. The molecule has 1 aliphatic rings. The molecule has 0 aliphatic carbocycles. The van der Waals surface area contributed by atoms with Crippen LogP contribution < -0.4 is 4.90 Å². The van der Waals surface area contributed by atoms with Gasteiger partial charge in [0.1, 0.15) is 5.82 Å². The quantitative estimate of drug-likeness (QED) is 0.783. The third-order valence-electron chi connectivity index (χ3n) is 5.04. The van der Waals surface area contributed by atoms with E-state index in [-0.39, 0.29) is 5.91 Å².